The summed E-state index contributed by atoms with van der Waals surface area (Å²) in [6.07, 6.45) is 0.373. The van der Waals surface area contributed by atoms with Gasteiger partial charge in [0.1, 0.15) is 12.0 Å². The molecule has 0 spiro atoms. The molecule has 2 aromatic carbocycles. The zero-order valence-corrected chi connectivity index (χ0v) is 22.0. The first-order chi connectivity index (χ1) is 18.6. The van der Waals surface area contributed by atoms with Crippen molar-refractivity contribution in [2.24, 2.45) is 4.99 Å². The Morgan fingerprint density at radius 1 is 1.18 bits per heavy atom. The standard InChI is InChI=1S/C25H32FN7O5S/c26-20-14-16(2-7-21(20)33-12-8-18(9-13-33)30-25-28-10-1-11-29-25)24(36)31-22(15-23(34)35)32-39(37,38)19-5-3-17(27)4-6-19/h2-7,14,18,22,32H,1,8-13,15,27H2,(H,31,36)(H,34,35)(H2,28,29,30). The van der Waals surface area contributed by atoms with Crippen LogP contribution in [0.25, 0.3) is 0 Å². The number of anilines is 2. The summed E-state index contributed by atoms with van der Waals surface area (Å²) in [5.41, 5.74) is 6.21. The Balaban J connectivity index is 1.38. The summed E-state index contributed by atoms with van der Waals surface area (Å²) in [5, 5.41) is 18.2. The quantitative estimate of drug-likeness (QED) is 0.191. The molecule has 0 aromatic heterocycles. The summed E-state index contributed by atoms with van der Waals surface area (Å²) in [6, 6.07) is 9.47. The van der Waals surface area contributed by atoms with E-state index in [0.29, 0.717) is 24.5 Å². The molecule has 1 saturated heterocycles. The molecule has 1 unspecified atom stereocenters. The van der Waals surface area contributed by atoms with Gasteiger partial charge in [-0.2, -0.15) is 4.72 Å². The number of nitrogens with two attached hydrogens (primary N) is 1. The van der Waals surface area contributed by atoms with Gasteiger partial charge >= 0.3 is 5.97 Å². The SMILES string of the molecule is Nc1ccc(S(=O)(=O)NC(CC(=O)O)NC(=O)c2ccc(N3CCC(NC4=NCCCN4)CC3)c(F)c2)cc1. The van der Waals surface area contributed by atoms with Gasteiger partial charge in [-0.25, -0.2) is 12.8 Å². The first kappa shape index (κ1) is 28.1. The number of guanidine groups is 1. The van der Waals surface area contributed by atoms with Crippen molar-refractivity contribution in [3.63, 3.8) is 0 Å². The van der Waals surface area contributed by atoms with Crippen molar-refractivity contribution >= 4 is 39.2 Å². The van der Waals surface area contributed by atoms with Gasteiger partial charge in [-0.3, -0.25) is 14.6 Å². The van der Waals surface area contributed by atoms with Gasteiger partial charge in [-0.05, 0) is 61.7 Å². The Labute approximate surface area is 225 Å². The van der Waals surface area contributed by atoms with Crippen LogP contribution < -0.4 is 31.3 Å². The van der Waals surface area contributed by atoms with Gasteiger partial charge in [0.15, 0.2) is 5.96 Å². The van der Waals surface area contributed by atoms with Gasteiger partial charge < -0.3 is 31.7 Å². The third-order valence-electron chi connectivity index (χ3n) is 6.46. The minimum Gasteiger partial charge on any atom is -0.481 e. The number of carboxylic acid groups (broad SMARTS) is 1. The van der Waals surface area contributed by atoms with Crippen LogP contribution in [0.3, 0.4) is 0 Å². The van der Waals surface area contributed by atoms with E-state index in [1.165, 1.54) is 36.4 Å². The van der Waals surface area contributed by atoms with Crippen molar-refractivity contribution in [3.05, 3.63) is 53.8 Å². The van der Waals surface area contributed by atoms with Gasteiger partial charge in [-0.15, -0.1) is 0 Å². The largest absolute Gasteiger partial charge is 0.481 e. The van der Waals surface area contributed by atoms with Gasteiger partial charge in [0.2, 0.25) is 10.0 Å². The molecule has 14 heteroatoms. The van der Waals surface area contributed by atoms with Crippen molar-refractivity contribution in [2.45, 2.75) is 42.8 Å². The molecular formula is C25H32FN7O5S. The average molecular weight is 562 g/mol. The molecule has 2 aromatic rings. The molecule has 0 bridgehead atoms. The zero-order valence-electron chi connectivity index (χ0n) is 21.2. The Bertz CT molecular complexity index is 1330. The van der Waals surface area contributed by atoms with Crippen LogP contribution in [-0.2, 0) is 14.8 Å². The summed E-state index contributed by atoms with van der Waals surface area (Å²) >= 11 is 0. The number of benzene rings is 2. The monoisotopic (exact) mass is 561 g/mol. The van der Waals surface area contributed by atoms with Crippen LogP contribution in [0.15, 0.2) is 52.4 Å². The van der Waals surface area contributed by atoms with Crippen molar-refractivity contribution in [1.82, 2.24) is 20.7 Å². The summed E-state index contributed by atoms with van der Waals surface area (Å²) < 4.78 is 42.6. The van der Waals surface area contributed by atoms with E-state index in [0.717, 1.165) is 44.4 Å². The molecule has 7 N–H and O–H groups in total. The van der Waals surface area contributed by atoms with Gasteiger partial charge in [0.05, 0.1) is 17.0 Å². The molecule has 1 atom stereocenters. The predicted molar refractivity (Wildman–Crippen MR) is 144 cm³/mol. The number of piperidine rings is 1. The fraction of sp³-hybridized carbons (Fsp3) is 0.400. The molecule has 2 aliphatic heterocycles. The minimum atomic E-state index is -4.17. The fourth-order valence-electron chi connectivity index (χ4n) is 4.43. The lowest BCUT2D eigenvalue weighted by Gasteiger charge is -2.35. The van der Waals surface area contributed by atoms with Crippen LogP contribution in [0, 0.1) is 5.82 Å². The maximum atomic E-state index is 15.1. The van der Waals surface area contributed by atoms with Crippen LogP contribution in [0.1, 0.15) is 36.0 Å². The molecule has 39 heavy (non-hydrogen) atoms. The number of hydrogen-bond acceptors (Lipinski definition) is 9. The van der Waals surface area contributed by atoms with Crippen LogP contribution in [0.2, 0.25) is 0 Å². The molecule has 12 nitrogen and oxygen atoms in total. The van der Waals surface area contributed by atoms with E-state index in [2.05, 4.69) is 25.7 Å². The Morgan fingerprint density at radius 2 is 1.90 bits per heavy atom. The molecule has 0 radical (unpaired) electrons. The number of halogens is 1. The number of nitrogens with one attached hydrogen (secondary N) is 4. The number of aliphatic imine (C=N–C) groups is 1. The second kappa shape index (κ2) is 12.3. The van der Waals surface area contributed by atoms with Crippen molar-refractivity contribution < 1.29 is 27.5 Å². The van der Waals surface area contributed by atoms with E-state index in [-0.39, 0.29) is 16.5 Å². The van der Waals surface area contributed by atoms with Crippen LogP contribution in [0.5, 0.6) is 0 Å². The lowest BCUT2D eigenvalue weighted by atomic mass is 10.0. The minimum absolute atomic E-state index is 0.0729. The van der Waals surface area contributed by atoms with Crippen molar-refractivity contribution in [3.8, 4) is 0 Å². The highest BCUT2D eigenvalue weighted by molar-refractivity contribution is 7.89. The van der Waals surface area contributed by atoms with Crippen LogP contribution in [-0.4, -0.2) is 69.7 Å². The topological polar surface area (TPSA) is 178 Å². The molecule has 4 rings (SSSR count). The number of rotatable bonds is 9. The van der Waals surface area contributed by atoms with Gasteiger partial charge in [0.25, 0.3) is 5.91 Å². The summed E-state index contributed by atoms with van der Waals surface area (Å²) in [4.78, 5) is 30.3. The third-order valence-corrected chi connectivity index (χ3v) is 7.94. The number of carboxylic acids is 1. The molecular weight excluding hydrogens is 529 g/mol. The number of aliphatic carboxylic acids is 1. The molecule has 0 saturated carbocycles. The first-order valence-electron chi connectivity index (χ1n) is 12.6. The Kier molecular flexibility index (Phi) is 8.86. The molecule has 1 amide bonds. The van der Waals surface area contributed by atoms with E-state index >= 15 is 4.39 Å². The van der Waals surface area contributed by atoms with E-state index < -0.39 is 40.3 Å². The smallest absolute Gasteiger partial charge is 0.306 e. The Hall–Kier alpha value is -3.91. The van der Waals surface area contributed by atoms with E-state index in [1.807, 2.05) is 4.90 Å². The number of nitrogen functional groups attached to an aromatic ring is 1. The number of carbonyl (C=O) groups excluding carboxylic acids is 1. The summed E-state index contributed by atoms with van der Waals surface area (Å²) in [5.74, 6) is -1.97. The lowest BCUT2D eigenvalue weighted by Crippen LogP contribution is -2.50. The number of nitrogens with zero attached hydrogens (tertiary/aromatic N) is 2. The Morgan fingerprint density at radius 3 is 2.51 bits per heavy atom. The number of carbonyl (C=O) groups is 2. The van der Waals surface area contributed by atoms with Gasteiger partial charge in [0, 0.05) is 43.5 Å². The van der Waals surface area contributed by atoms with E-state index in [4.69, 9.17) is 5.73 Å². The molecule has 210 valence electrons. The molecule has 2 heterocycles. The van der Waals surface area contributed by atoms with E-state index in [1.54, 1.807) is 0 Å². The highest BCUT2D eigenvalue weighted by Gasteiger charge is 2.26. The van der Waals surface area contributed by atoms with Crippen molar-refractivity contribution in [1.29, 1.82) is 0 Å². The zero-order chi connectivity index (χ0) is 28.0. The van der Waals surface area contributed by atoms with Crippen LogP contribution >= 0.6 is 0 Å². The number of hydrogen-bond donors (Lipinski definition) is 6. The third kappa shape index (κ3) is 7.57. The van der Waals surface area contributed by atoms with Crippen molar-refractivity contribution in [2.75, 3.05) is 36.8 Å². The van der Waals surface area contributed by atoms with Crippen LogP contribution in [0.4, 0.5) is 15.8 Å². The summed E-state index contributed by atoms with van der Waals surface area (Å²) in [7, 11) is -4.17. The highest BCUT2D eigenvalue weighted by Crippen LogP contribution is 2.24. The molecule has 1 fully saturated rings. The molecule has 2 aliphatic rings. The van der Waals surface area contributed by atoms with E-state index in [9.17, 15) is 23.1 Å². The van der Waals surface area contributed by atoms with Gasteiger partial charge in [-0.1, -0.05) is 0 Å². The normalized spacial score (nSPS) is 17.1. The second-order valence-electron chi connectivity index (χ2n) is 9.40. The highest BCUT2D eigenvalue weighted by atomic mass is 32.2. The second-order valence-corrected chi connectivity index (χ2v) is 11.1. The average Bonchev–Trinajstić information content (AvgIpc) is 2.89. The maximum Gasteiger partial charge on any atom is 0.306 e. The number of amides is 1. The lowest BCUT2D eigenvalue weighted by molar-refractivity contribution is -0.137. The fourth-order valence-corrected chi connectivity index (χ4v) is 5.58. The predicted octanol–water partition coefficient (Wildman–Crippen LogP) is 0.825. The maximum absolute atomic E-state index is 15.1. The molecule has 0 aliphatic carbocycles. The number of sulfonamides is 1. The first-order valence-corrected chi connectivity index (χ1v) is 14.1. The summed E-state index contributed by atoms with van der Waals surface area (Å²) in [6.45, 7) is 2.91.